The minimum atomic E-state index is -0.587. The van der Waals surface area contributed by atoms with E-state index in [1.807, 2.05) is 0 Å². The number of hydrogen-bond acceptors (Lipinski definition) is 5. The molecule has 0 atom stereocenters. The molecule has 0 radical (unpaired) electrons. The van der Waals surface area contributed by atoms with Crippen LogP contribution in [0.25, 0.3) is 0 Å². The maximum atomic E-state index is 11.2. The van der Waals surface area contributed by atoms with Gasteiger partial charge in [0.1, 0.15) is 6.61 Å². The monoisotopic (exact) mass is 241 g/mol. The normalized spacial score (nSPS) is 10.0. The first kappa shape index (κ1) is 13.1. The zero-order chi connectivity index (χ0) is 12.8. The third-order valence-electron chi connectivity index (χ3n) is 1.99. The van der Waals surface area contributed by atoms with E-state index in [1.165, 1.54) is 19.2 Å². The van der Waals surface area contributed by atoms with Gasteiger partial charge in [-0.25, -0.2) is 4.79 Å². The van der Waals surface area contributed by atoms with Gasteiger partial charge >= 0.3 is 6.09 Å². The number of phenolic OH excluding ortho intramolecular Hbond substituents is 2. The molecule has 0 unspecified atom stereocenters. The van der Waals surface area contributed by atoms with Gasteiger partial charge in [0.25, 0.3) is 0 Å². The minimum Gasteiger partial charge on any atom is -0.504 e. The molecule has 0 saturated carbocycles. The summed E-state index contributed by atoms with van der Waals surface area (Å²) in [5.74, 6) is -0.433. The van der Waals surface area contributed by atoms with Gasteiger partial charge in [-0.05, 0) is 24.6 Å². The second-order valence-corrected chi connectivity index (χ2v) is 3.29. The van der Waals surface area contributed by atoms with Crippen LogP contribution in [0.15, 0.2) is 18.2 Å². The van der Waals surface area contributed by atoms with Crippen LogP contribution in [0.1, 0.15) is 12.5 Å². The second-order valence-electron chi connectivity index (χ2n) is 3.29. The number of ether oxygens (including phenoxy) is 1. The summed E-state index contributed by atoms with van der Waals surface area (Å²) >= 11 is 0. The molecule has 1 aromatic carbocycles. The minimum absolute atomic E-state index is 0.0865. The third-order valence-corrected chi connectivity index (χ3v) is 1.99. The number of benzene rings is 1. The van der Waals surface area contributed by atoms with Crippen LogP contribution >= 0.6 is 0 Å². The molecule has 0 bridgehead atoms. The lowest BCUT2D eigenvalue weighted by atomic mass is 10.2. The average molecular weight is 241 g/mol. The van der Waals surface area contributed by atoms with Crippen molar-refractivity contribution in [3.05, 3.63) is 23.8 Å². The number of aromatic hydroxyl groups is 2. The molecule has 0 aromatic heterocycles. The summed E-state index contributed by atoms with van der Waals surface area (Å²) < 4.78 is 4.71. The van der Waals surface area contributed by atoms with Crippen molar-refractivity contribution in [2.75, 3.05) is 13.7 Å². The summed E-state index contributed by atoms with van der Waals surface area (Å²) in [5, 5.41) is 19.3. The first-order chi connectivity index (χ1) is 8.04. The molecule has 0 fully saturated rings. The highest BCUT2D eigenvalue weighted by Crippen LogP contribution is 2.25. The number of amides is 1. The SMILES string of the molecule is CCOC(=O)N(C)OCc1ccc(O)c(O)c1. The lowest BCUT2D eigenvalue weighted by Crippen LogP contribution is -2.27. The first-order valence-electron chi connectivity index (χ1n) is 5.08. The van der Waals surface area contributed by atoms with Gasteiger partial charge < -0.3 is 14.9 Å². The topological polar surface area (TPSA) is 79.2 Å². The molecule has 0 aliphatic rings. The molecule has 2 N–H and O–H groups in total. The Morgan fingerprint density at radius 3 is 2.65 bits per heavy atom. The summed E-state index contributed by atoms with van der Waals surface area (Å²) in [6, 6.07) is 4.28. The van der Waals surface area contributed by atoms with Gasteiger partial charge in [-0.15, -0.1) is 0 Å². The lowest BCUT2D eigenvalue weighted by Gasteiger charge is -2.15. The van der Waals surface area contributed by atoms with E-state index in [-0.39, 0.29) is 24.7 Å². The molecule has 6 heteroatoms. The van der Waals surface area contributed by atoms with E-state index >= 15 is 0 Å². The van der Waals surface area contributed by atoms with E-state index in [2.05, 4.69) is 0 Å². The predicted octanol–water partition coefficient (Wildman–Crippen LogP) is 1.62. The Hall–Kier alpha value is -1.95. The molecule has 0 spiro atoms. The smallest absolute Gasteiger partial charge is 0.433 e. The van der Waals surface area contributed by atoms with Gasteiger partial charge in [0.05, 0.1) is 6.61 Å². The van der Waals surface area contributed by atoms with Crippen molar-refractivity contribution in [3.8, 4) is 11.5 Å². The fraction of sp³-hybridized carbons (Fsp3) is 0.364. The summed E-state index contributed by atoms with van der Waals surface area (Å²) in [6.07, 6.45) is -0.587. The molecule has 17 heavy (non-hydrogen) atoms. The summed E-state index contributed by atoms with van der Waals surface area (Å²) in [7, 11) is 1.43. The van der Waals surface area contributed by atoms with E-state index < -0.39 is 6.09 Å². The van der Waals surface area contributed by atoms with E-state index in [0.29, 0.717) is 5.56 Å². The van der Waals surface area contributed by atoms with Gasteiger partial charge in [-0.3, -0.25) is 4.84 Å². The standard InChI is InChI=1S/C11H15NO5/c1-3-16-11(15)12(2)17-7-8-4-5-9(13)10(14)6-8/h4-6,13-14H,3,7H2,1-2H3. The van der Waals surface area contributed by atoms with Crippen LogP contribution in [-0.4, -0.2) is 35.0 Å². The Kier molecular flexibility index (Phi) is 4.59. The van der Waals surface area contributed by atoms with Crippen LogP contribution < -0.4 is 0 Å². The molecular formula is C11H15NO5. The molecular weight excluding hydrogens is 226 g/mol. The van der Waals surface area contributed by atoms with Gasteiger partial charge in [-0.2, -0.15) is 5.06 Å². The highest BCUT2D eigenvalue weighted by molar-refractivity contribution is 5.65. The van der Waals surface area contributed by atoms with Crippen molar-refractivity contribution in [2.45, 2.75) is 13.5 Å². The quantitative estimate of drug-likeness (QED) is 0.618. The molecule has 1 rings (SSSR count). The van der Waals surface area contributed by atoms with Gasteiger partial charge in [0, 0.05) is 7.05 Å². The number of phenols is 2. The zero-order valence-corrected chi connectivity index (χ0v) is 9.71. The summed E-state index contributed by atoms with van der Waals surface area (Å²) in [4.78, 5) is 16.3. The average Bonchev–Trinajstić information content (AvgIpc) is 2.30. The second kappa shape index (κ2) is 5.95. The van der Waals surface area contributed by atoms with Gasteiger partial charge in [-0.1, -0.05) is 6.07 Å². The molecule has 0 aliphatic carbocycles. The Morgan fingerprint density at radius 1 is 1.35 bits per heavy atom. The van der Waals surface area contributed by atoms with Crippen LogP contribution in [0.2, 0.25) is 0 Å². The van der Waals surface area contributed by atoms with Crippen LogP contribution in [0.5, 0.6) is 11.5 Å². The number of carbonyl (C=O) groups is 1. The predicted molar refractivity (Wildman–Crippen MR) is 59.3 cm³/mol. The zero-order valence-electron chi connectivity index (χ0n) is 9.71. The number of hydrogen-bond donors (Lipinski definition) is 2. The van der Waals surface area contributed by atoms with Crippen LogP contribution in [0.3, 0.4) is 0 Å². The Bertz CT molecular complexity index is 393. The number of carbonyl (C=O) groups excluding carboxylic acids is 1. The molecule has 0 saturated heterocycles. The number of nitrogens with zero attached hydrogens (tertiary/aromatic N) is 1. The third kappa shape index (κ3) is 3.84. The van der Waals surface area contributed by atoms with E-state index in [0.717, 1.165) is 5.06 Å². The van der Waals surface area contributed by atoms with Crippen molar-refractivity contribution in [1.82, 2.24) is 5.06 Å². The van der Waals surface area contributed by atoms with Crippen molar-refractivity contribution < 1.29 is 24.6 Å². The van der Waals surface area contributed by atoms with Gasteiger partial charge in [0.15, 0.2) is 11.5 Å². The van der Waals surface area contributed by atoms with E-state index in [1.54, 1.807) is 13.0 Å². The highest BCUT2D eigenvalue weighted by Gasteiger charge is 2.10. The van der Waals surface area contributed by atoms with Gasteiger partial charge in [0.2, 0.25) is 0 Å². The van der Waals surface area contributed by atoms with Crippen molar-refractivity contribution in [3.63, 3.8) is 0 Å². The molecule has 6 nitrogen and oxygen atoms in total. The fourth-order valence-corrected chi connectivity index (χ4v) is 1.10. The van der Waals surface area contributed by atoms with Crippen molar-refractivity contribution in [2.24, 2.45) is 0 Å². The van der Waals surface area contributed by atoms with E-state index in [9.17, 15) is 9.90 Å². The first-order valence-corrected chi connectivity index (χ1v) is 5.08. The number of hydroxylamine groups is 2. The van der Waals surface area contributed by atoms with Crippen LogP contribution in [0.4, 0.5) is 4.79 Å². The molecule has 1 aromatic rings. The maximum absolute atomic E-state index is 11.2. The lowest BCUT2D eigenvalue weighted by molar-refractivity contribution is -0.128. The largest absolute Gasteiger partial charge is 0.504 e. The maximum Gasteiger partial charge on any atom is 0.433 e. The highest BCUT2D eigenvalue weighted by atomic mass is 16.7. The van der Waals surface area contributed by atoms with E-state index in [4.69, 9.17) is 14.7 Å². The molecule has 1 amide bonds. The number of rotatable bonds is 4. The van der Waals surface area contributed by atoms with Crippen LogP contribution in [-0.2, 0) is 16.2 Å². The summed E-state index contributed by atoms with van der Waals surface area (Å²) in [6.45, 7) is 2.05. The fourth-order valence-electron chi connectivity index (χ4n) is 1.10. The molecule has 0 aliphatic heterocycles. The Morgan fingerprint density at radius 2 is 2.06 bits per heavy atom. The Labute approximate surface area is 98.9 Å². The van der Waals surface area contributed by atoms with Crippen molar-refractivity contribution >= 4 is 6.09 Å². The Balaban J connectivity index is 2.50. The van der Waals surface area contributed by atoms with Crippen molar-refractivity contribution in [1.29, 1.82) is 0 Å². The molecule has 94 valence electrons. The van der Waals surface area contributed by atoms with Crippen LogP contribution in [0, 0.1) is 0 Å². The summed E-state index contributed by atoms with van der Waals surface area (Å²) in [5.41, 5.74) is 0.622. The molecule has 0 heterocycles.